The zero-order valence-electron chi connectivity index (χ0n) is 23.8. The Morgan fingerprint density at radius 3 is 2.56 bits per heavy atom. The molecule has 1 atom stereocenters. The van der Waals surface area contributed by atoms with E-state index in [-0.39, 0.29) is 30.1 Å². The zero-order chi connectivity index (χ0) is 30.0. The maximum absolute atomic E-state index is 13.4. The molecule has 43 heavy (non-hydrogen) atoms. The number of aliphatic hydroxyl groups is 1. The van der Waals surface area contributed by atoms with Crippen LogP contribution in [0, 0.1) is 5.82 Å². The van der Waals surface area contributed by atoms with Crippen LogP contribution >= 0.6 is 0 Å². The summed E-state index contributed by atoms with van der Waals surface area (Å²) in [6.07, 6.45) is 1.55. The van der Waals surface area contributed by atoms with Crippen molar-refractivity contribution in [3.05, 3.63) is 90.0 Å². The summed E-state index contributed by atoms with van der Waals surface area (Å²) in [5.41, 5.74) is 2.84. The molecule has 0 bridgehead atoms. The van der Waals surface area contributed by atoms with Crippen LogP contribution in [0.2, 0.25) is 0 Å². The van der Waals surface area contributed by atoms with Crippen LogP contribution in [0.3, 0.4) is 0 Å². The predicted molar refractivity (Wildman–Crippen MR) is 159 cm³/mol. The molecule has 3 aromatic heterocycles. The van der Waals surface area contributed by atoms with Crippen molar-refractivity contribution in [1.29, 1.82) is 0 Å². The van der Waals surface area contributed by atoms with Crippen molar-refractivity contribution < 1.29 is 23.3 Å². The molecule has 218 valence electrons. The van der Waals surface area contributed by atoms with Crippen molar-refractivity contribution in [1.82, 2.24) is 25.1 Å². The Morgan fingerprint density at radius 1 is 1.02 bits per heavy atom. The van der Waals surface area contributed by atoms with Gasteiger partial charge in [0.15, 0.2) is 0 Å². The van der Waals surface area contributed by atoms with Crippen molar-refractivity contribution in [2.24, 2.45) is 0 Å². The first-order chi connectivity index (χ1) is 20.8. The van der Waals surface area contributed by atoms with Gasteiger partial charge in [0, 0.05) is 23.8 Å². The first-order valence-electron chi connectivity index (χ1n) is 13.8. The molecule has 5 aromatic rings. The van der Waals surface area contributed by atoms with Crippen LogP contribution in [0.5, 0.6) is 0 Å². The van der Waals surface area contributed by atoms with E-state index in [1.165, 1.54) is 12.1 Å². The number of aliphatic hydroxyl groups excluding tert-OH is 1. The summed E-state index contributed by atoms with van der Waals surface area (Å²) in [5, 5.41) is 20.8. The van der Waals surface area contributed by atoms with Gasteiger partial charge < -0.3 is 29.6 Å². The number of nitrogens with one attached hydrogen (secondary N) is 2. The Morgan fingerprint density at radius 2 is 1.81 bits per heavy atom. The molecule has 0 saturated carbocycles. The van der Waals surface area contributed by atoms with Crippen LogP contribution < -0.4 is 16.1 Å². The Labute approximate surface area is 247 Å². The van der Waals surface area contributed by atoms with Gasteiger partial charge in [-0.2, -0.15) is 9.97 Å². The fourth-order valence-corrected chi connectivity index (χ4v) is 4.83. The first-order valence-corrected chi connectivity index (χ1v) is 13.8. The van der Waals surface area contributed by atoms with Crippen LogP contribution in [-0.2, 0) is 14.9 Å². The fourth-order valence-electron chi connectivity index (χ4n) is 4.83. The van der Waals surface area contributed by atoms with E-state index in [4.69, 9.17) is 23.8 Å². The minimum absolute atomic E-state index is 0.148. The molecule has 0 spiro atoms. The molecule has 4 heterocycles. The van der Waals surface area contributed by atoms with Gasteiger partial charge in [-0.25, -0.2) is 14.4 Å². The third kappa shape index (κ3) is 5.96. The van der Waals surface area contributed by atoms with E-state index in [0.29, 0.717) is 29.4 Å². The Hall–Kier alpha value is -4.72. The molecule has 2 aromatic carbocycles. The average Bonchev–Trinajstić information content (AvgIpc) is 3.59. The van der Waals surface area contributed by atoms with Gasteiger partial charge in [0.1, 0.15) is 23.0 Å². The smallest absolute Gasteiger partial charge is 0.408 e. The molecule has 0 fully saturated rings. The molecule has 0 unspecified atom stereocenters. The molecule has 0 radical (unpaired) electrons. The summed E-state index contributed by atoms with van der Waals surface area (Å²) < 4.78 is 30.8. The second-order valence-electron chi connectivity index (χ2n) is 10.4. The Bertz CT molecular complexity index is 1720. The average molecular weight is 581 g/mol. The topological polar surface area (TPSA) is 140 Å². The van der Waals surface area contributed by atoms with E-state index in [2.05, 4.69) is 25.8 Å². The van der Waals surface area contributed by atoms with Crippen molar-refractivity contribution in [2.45, 2.75) is 32.4 Å². The van der Waals surface area contributed by atoms with E-state index in [1.807, 2.05) is 63.2 Å². The van der Waals surface area contributed by atoms with Gasteiger partial charge in [0.25, 0.3) is 5.89 Å². The molecule has 0 amide bonds. The maximum Gasteiger partial charge on any atom is 0.496 e. The van der Waals surface area contributed by atoms with Gasteiger partial charge >= 0.3 is 7.12 Å². The number of nitrogens with zero attached hydrogens (tertiary/aromatic N) is 5. The van der Waals surface area contributed by atoms with Crippen LogP contribution in [0.15, 0.2) is 77.4 Å². The van der Waals surface area contributed by atoms with Gasteiger partial charge in [0.05, 0.1) is 23.9 Å². The second-order valence-corrected chi connectivity index (χ2v) is 10.4. The molecule has 1 aliphatic heterocycles. The highest BCUT2D eigenvalue weighted by molar-refractivity contribution is 6.63. The second kappa shape index (κ2) is 11.9. The summed E-state index contributed by atoms with van der Waals surface area (Å²) in [7, 11) is -0.481. The summed E-state index contributed by atoms with van der Waals surface area (Å²) in [6.45, 7) is 6.11. The molecule has 0 aliphatic carbocycles. The number of anilines is 3. The maximum atomic E-state index is 13.4. The molecule has 0 saturated heterocycles. The summed E-state index contributed by atoms with van der Waals surface area (Å²) in [6, 6.07) is 18.5. The number of fused-ring (bicyclic) bond motifs is 1. The normalized spacial score (nSPS) is 14.4. The summed E-state index contributed by atoms with van der Waals surface area (Å²) in [5.74, 6) is 1.17. The number of rotatable bonds is 10. The van der Waals surface area contributed by atoms with E-state index in [9.17, 15) is 9.50 Å². The minimum atomic E-state index is -0.644. The van der Waals surface area contributed by atoms with Crippen LogP contribution in [-0.4, -0.2) is 50.5 Å². The fraction of sp³-hybridized carbons (Fsp3) is 0.233. The summed E-state index contributed by atoms with van der Waals surface area (Å²) in [4.78, 5) is 18.5. The molecule has 3 N–H and O–H groups in total. The van der Waals surface area contributed by atoms with E-state index in [1.54, 1.807) is 18.3 Å². The lowest BCUT2D eigenvalue weighted by Crippen LogP contribution is -2.32. The minimum Gasteiger partial charge on any atom is -0.408 e. The van der Waals surface area contributed by atoms with E-state index in [0.717, 1.165) is 16.7 Å². The number of benzene rings is 2. The highest BCUT2D eigenvalue weighted by Crippen LogP contribution is 2.33. The first kappa shape index (κ1) is 28.4. The quantitative estimate of drug-likeness (QED) is 0.199. The molecule has 11 nitrogen and oxygen atoms in total. The molecular formula is C30H29BFN7O4. The van der Waals surface area contributed by atoms with Gasteiger partial charge in [0.2, 0.25) is 11.8 Å². The Balaban J connectivity index is 1.34. The van der Waals surface area contributed by atoms with Crippen molar-refractivity contribution >= 4 is 30.2 Å². The third-order valence-corrected chi connectivity index (χ3v) is 6.95. The lowest BCUT2D eigenvalue weighted by Gasteiger charge is -2.20. The standard InChI is InChI=1S/C30H29BFN7O4/c1-4-41-31-22-14-15-24(35-25(22)30(2,3)43-31)36-29-33-16-21(27(38-29)34-23(17-40)18-8-6-5-7-9-18)28-37-26(39-42-28)19-10-12-20(32)13-11-19/h5-16,23,40H,4,17H2,1-3H3,(H2,33,34,35,36,38)/t23-/m1/s1. The molecular weight excluding hydrogens is 552 g/mol. The summed E-state index contributed by atoms with van der Waals surface area (Å²) >= 11 is 0. The van der Waals surface area contributed by atoms with Gasteiger partial charge in [-0.1, -0.05) is 41.6 Å². The largest absolute Gasteiger partial charge is 0.496 e. The molecule has 13 heteroatoms. The van der Waals surface area contributed by atoms with Crippen molar-refractivity contribution in [3.63, 3.8) is 0 Å². The van der Waals surface area contributed by atoms with Gasteiger partial charge in [-0.15, -0.1) is 0 Å². The van der Waals surface area contributed by atoms with E-state index < -0.39 is 18.8 Å². The third-order valence-electron chi connectivity index (χ3n) is 6.95. The number of hydrogen-bond acceptors (Lipinski definition) is 11. The number of pyridine rings is 1. The predicted octanol–water partition coefficient (Wildman–Crippen LogP) is 4.61. The highest BCUT2D eigenvalue weighted by Gasteiger charge is 2.44. The van der Waals surface area contributed by atoms with Gasteiger partial charge in [-0.3, -0.25) is 0 Å². The van der Waals surface area contributed by atoms with Crippen LogP contribution in [0.4, 0.5) is 22.0 Å². The number of aromatic nitrogens is 5. The molecule has 1 aliphatic rings. The lowest BCUT2D eigenvalue weighted by molar-refractivity contribution is 0.0834. The zero-order valence-corrected chi connectivity index (χ0v) is 23.8. The SMILES string of the molecule is CCOB1OC(C)(C)c2nc(Nc3ncc(-c4nc(-c5ccc(F)cc5)no4)c(N[C@H](CO)c4ccccc4)n3)ccc21. The van der Waals surface area contributed by atoms with E-state index >= 15 is 0 Å². The number of halogens is 1. The van der Waals surface area contributed by atoms with Crippen molar-refractivity contribution in [2.75, 3.05) is 23.8 Å². The van der Waals surface area contributed by atoms with Crippen molar-refractivity contribution in [3.8, 4) is 22.8 Å². The molecule has 6 rings (SSSR count). The van der Waals surface area contributed by atoms with Gasteiger partial charge in [-0.05, 0) is 56.7 Å². The van der Waals surface area contributed by atoms with Crippen LogP contribution in [0.1, 0.15) is 38.1 Å². The monoisotopic (exact) mass is 581 g/mol. The highest BCUT2D eigenvalue weighted by atomic mass is 19.1. The lowest BCUT2D eigenvalue weighted by atomic mass is 9.80. The Kier molecular flexibility index (Phi) is 7.85. The number of hydrogen-bond donors (Lipinski definition) is 3. The van der Waals surface area contributed by atoms with Crippen LogP contribution in [0.25, 0.3) is 22.8 Å².